The normalized spacial score (nSPS) is 43.3. The van der Waals surface area contributed by atoms with Gasteiger partial charge in [-0.15, -0.1) is 0 Å². The lowest BCUT2D eigenvalue weighted by molar-refractivity contribution is 0.150. The number of hydrogen-bond acceptors (Lipinski definition) is 3. The van der Waals surface area contributed by atoms with Crippen molar-refractivity contribution >= 4 is 0 Å². The predicted octanol–water partition coefficient (Wildman–Crippen LogP) is 1.10. The summed E-state index contributed by atoms with van der Waals surface area (Å²) >= 11 is 0. The number of fused-ring (bicyclic) bond motifs is 2. The van der Waals surface area contributed by atoms with Crippen molar-refractivity contribution < 1.29 is 4.74 Å². The molecule has 2 heterocycles. The maximum absolute atomic E-state index is 5.62. The van der Waals surface area contributed by atoms with Crippen LogP contribution in [0.2, 0.25) is 0 Å². The van der Waals surface area contributed by atoms with Crippen LogP contribution in [-0.4, -0.2) is 49.8 Å². The van der Waals surface area contributed by atoms with Gasteiger partial charge in [0.05, 0.1) is 13.2 Å². The van der Waals surface area contributed by atoms with Gasteiger partial charge in [-0.2, -0.15) is 0 Å². The molecule has 4 atom stereocenters. The van der Waals surface area contributed by atoms with Crippen LogP contribution in [0.5, 0.6) is 0 Å². The van der Waals surface area contributed by atoms with Gasteiger partial charge in [0.15, 0.2) is 0 Å². The van der Waals surface area contributed by atoms with Crippen molar-refractivity contribution in [3.05, 3.63) is 0 Å². The second-order valence-corrected chi connectivity index (χ2v) is 5.75. The molecular weight excluding hydrogens is 200 g/mol. The van der Waals surface area contributed by atoms with E-state index in [4.69, 9.17) is 4.74 Å². The van der Waals surface area contributed by atoms with Crippen LogP contribution >= 0.6 is 0 Å². The Morgan fingerprint density at radius 2 is 2.25 bits per heavy atom. The van der Waals surface area contributed by atoms with Crippen LogP contribution in [0.4, 0.5) is 0 Å². The van der Waals surface area contributed by atoms with Gasteiger partial charge < -0.3 is 10.1 Å². The highest BCUT2D eigenvalue weighted by molar-refractivity contribution is 4.94. The van der Waals surface area contributed by atoms with E-state index >= 15 is 0 Å². The molecule has 0 radical (unpaired) electrons. The monoisotopic (exact) mass is 224 g/mol. The number of nitrogens with zero attached hydrogens (tertiary/aromatic N) is 1. The number of likely N-dealkylation sites (N-methyl/N-ethyl adjacent to an activating group) is 1. The number of rotatable bonds is 4. The zero-order chi connectivity index (χ0) is 11.0. The number of ether oxygens (including phenoxy) is 1. The Hall–Kier alpha value is -0.120. The Kier molecular flexibility index (Phi) is 3.18. The molecule has 4 unspecified atom stereocenters. The third-order valence-electron chi connectivity index (χ3n) is 4.66. The molecule has 3 fully saturated rings. The fraction of sp³-hybridized carbons (Fsp3) is 1.00. The van der Waals surface area contributed by atoms with E-state index in [0.29, 0.717) is 6.04 Å². The highest BCUT2D eigenvalue weighted by Crippen LogP contribution is 2.38. The molecule has 0 amide bonds. The van der Waals surface area contributed by atoms with E-state index in [0.717, 1.165) is 37.6 Å². The van der Waals surface area contributed by atoms with Gasteiger partial charge in [-0.05, 0) is 31.7 Å². The third kappa shape index (κ3) is 2.01. The highest BCUT2D eigenvalue weighted by atomic mass is 16.5. The molecule has 0 spiro atoms. The quantitative estimate of drug-likeness (QED) is 0.774. The first-order chi connectivity index (χ1) is 7.86. The summed E-state index contributed by atoms with van der Waals surface area (Å²) in [6.07, 6.45) is 4.41. The minimum absolute atomic E-state index is 0.601. The van der Waals surface area contributed by atoms with Gasteiger partial charge in [0, 0.05) is 31.1 Å². The first-order valence-corrected chi connectivity index (χ1v) is 6.92. The Morgan fingerprint density at radius 1 is 1.31 bits per heavy atom. The second kappa shape index (κ2) is 4.63. The number of piperidine rings is 1. The van der Waals surface area contributed by atoms with Gasteiger partial charge in [0.1, 0.15) is 0 Å². The Labute approximate surface area is 98.5 Å². The van der Waals surface area contributed by atoms with Crippen molar-refractivity contribution in [3.8, 4) is 0 Å². The van der Waals surface area contributed by atoms with Crippen LogP contribution in [0.3, 0.4) is 0 Å². The highest BCUT2D eigenvalue weighted by Gasteiger charge is 2.40. The minimum atomic E-state index is 0.601. The van der Waals surface area contributed by atoms with Gasteiger partial charge in [-0.25, -0.2) is 0 Å². The fourth-order valence-corrected chi connectivity index (χ4v) is 3.82. The first kappa shape index (κ1) is 11.0. The topological polar surface area (TPSA) is 24.5 Å². The summed E-state index contributed by atoms with van der Waals surface area (Å²) in [6.45, 7) is 7.76. The molecule has 1 saturated carbocycles. The lowest BCUT2D eigenvalue weighted by atomic mass is 10.0. The summed E-state index contributed by atoms with van der Waals surface area (Å²) < 4.78 is 5.62. The summed E-state index contributed by atoms with van der Waals surface area (Å²) in [5, 5.41) is 3.56. The van der Waals surface area contributed by atoms with E-state index in [1.165, 1.54) is 32.4 Å². The Bertz CT molecular complexity index is 246. The van der Waals surface area contributed by atoms with Crippen LogP contribution < -0.4 is 5.32 Å². The summed E-state index contributed by atoms with van der Waals surface area (Å²) in [6, 6.07) is 1.51. The smallest absolute Gasteiger partial charge is 0.0623 e. The molecule has 1 aliphatic carbocycles. The molecule has 1 N–H and O–H groups in total. The maximum atomic E-state index is 5.62. The van der Waals surface area contributed by atoms with Crippen LogP contribution in [0.15, 0.2) is 0 Å². The van der Waals surface area contributed by atoms with Crippen LogP contribution in [-0.2, 0) is 4.74 Å². The number of likely N-dealkylation sites (tertiary alicyclic amines) is 1. The number of hydrogen-bond donors (Lipinski definition) is 1. The molecule has 16 heavy (non-hydrogen) atoms. The molecule has 3 aliphatic rings. The molecule has 3 heteroatoms. The van der Waals surface area contributed by atoms with Crippen LogP contribution in [0, 0.1) is 11.8 Å². The molecule has 2 bridgehead atoms. The van der Waals surface area contributed by atoms with Crippen molar-refractivity contribution in [2.45, 2.75) is 38.3 Å². The molecule has 3 rings (SSSR count). The SMILES string of the molecule is CCNC1COCC1CN1CC2CCC1C2. The third-order valence-corrected chi connectivity index (χ3v) is 4.66. The van der Waals surface area contributed by atoms with Gasteiger partial charge in [0.2, 0.25) is 0 Å². The maximum Gasteiger partial charge on any atom is 0.0623 e. The Balaban J connectivity index is 1.54. The van der Waals surface area contributed by atoms with Gasteiger partial charge in [-0.3, -0.25) is 4.90 Å². The lowest BCUT2D eigenvalue weighted by Crippen LogP contribution is -2.44. The molecule has 0 aromatic rings. The standard InChI is InChI=1S/C13H24N2O/c1-2-14-13-9-16-8-11(13)7-15-6-10-3-4-12(15)5-10/h10-14H,2-9H2,1H3. The zero-order valence-corrected chi connectivity index (χ0v) is 10.3. The Morgan fingerprint density at radius 3 is 2.94 bits per heavy atom. The fourth-order valence-electron chi connectivity index (χ4n) is 3.82. The molecule has 0 aromatic carbocycles. The summed E-state index contributed by atoms with van der Waals surface area (Å²) in [5.41, 5.74) is 0. The van der Waals surface area contributed by atoms with Crippen molar-refractivity contribution in [2.75, 3.05) is 32.8 Å². The molecule has 92 valence electrons. The van der Waals surface area contributed by atoms with Gasteiger partial charge in [-0.1, -0.05) is 6.92 Å². The van der Waals surface area contributed by atoms with Crippen LogP contribution in [0.1, 0.15) is 26.2 Å². The molecule has 3 nitrogen and oxygen atoms in total. The van der Waals surface area contributed by atoms with E-state index < -0.39 is 0 Å². The van der Waals surface area contributed by atoms with Crippen molar-refractivity contribution in [3.63, 3.8) is 0 Å². The van der Waals surface area contributed by atoms with Gasteiger partial charge in [0.25, 0.3) is 0 Å². The average Bonchev–Trinajstić information content (AvgIpc) is 2.96. The average molecular weight is 224 g/mol. The van der Waals surface area contributed by atoms with E-state index in [2.05, 4.69) is 17.1 Å². The molecule has 2 saturated heterocycles. The van der Waals surface area contributed by atoms with E-state index in [1.807, 2.05) is 0 Å². The summed E-state index contributed by atoms with van der Waals surface area (Å²) in [4.78, 5) is 2.73. The van der Waals surface area contributed by atoms with Crippen molar-refractivity contribution in [1.29, 1.82) is 0 Å². The first-order valence-electron chi connectivity index (χ1n) is 6.92. The zero-order valence-electron chi connectivity index (χ0n) is 10.3. The predicted molar refractivity (Wildman–Crippen MR) is 64.5 cm³/mol. The summed E-state index contributed by atoms with van der Waals surface area (Å²) in [5.74, 6) is 1.74. The minimum Gasteiger partial charge on any atom is -0.379 e. The summed E-state index contributed by atoms with van der Waals surface area (Å²) in [7, 11) is 0. The largest absolute Gasteiger partial charge is 0.379 e. The lowest BCUT2D eigenvalue weighted by Gasteiger charge is -2.31. The van der Waals surface area contributed by atoms with Crippen LogP contribution in [0.25, 0.3) is 0 Å². The van der Waals surface area contributed by atoms with E-state index in [9.17, 15) is 0 Å². The molecule has 0 aromatic heterocycles. The molecular formula is C13H24N2O. The van der Waals surface area contributed by atoms with Crippen molar-refractivity contribution in [1.82, 2.24) is 10.2 Å². The van der Waals surface area contributed by atoms with E-state index in [-0.39, 0.29) is 0 Å². The van der Waals surface area contributed by atoms with E-state index in [1.54, 1.807) is 0 Å². The van der Waals surface area contributed by atoms with Crippen molar-refractivity contribution in [2.24, 2.45) is 11.8 Å². The molecule has 2 aliphatic heterocycles. The number of nitrogens with one attached hydrogen (secondary N) is 1. The van der Waals surface area contributed by atoms with Gasteiger partial charge >= 0.3 is 0 Å². The second-order valence-electron chi connectivity index (χ2n) is 5.75.